The molecule has 8 rings (SSSR count). The predicted octanol–water partition coefficient (Wildman–Crippen LogP) is 16.3. The molecule has 0 atom stereocenters. The summed E-state index contributed by atoms with van der Waals surface area (Å²) in [6.07, 6.45) is 4.54. The Hall–Kier alpha value is -3.66. The second-order valence-corrected chi connectivity index (χ2v) is 37.9. The summed E-state index contributed by atoms with van der Waals surface area (Å²) in [6.45, 7) is 17.3. The van der Waals surface area contributed by atoms with Crippen molar-refractivity contribution in [3.63, 3.8) is 0 Å². The Kier molecular flexibility index (Phi) is 14.4. The fraction of sp³-hybridized carbons (Fsp3) is 0.240. The van der Waals surface area contributed by atoms with Crippen LogP contribution in [0.3, 0.4) is 0 Å². The van der Waals surface area contributed by atoms with E-state index < -0.39 is 18.0 Å². The number of furan rings is 2. The molecule has 6 heteroatoms. The molecule has 2 nitrogen and oxygen atoms in total. The molecular formula is C50H52Cl2O2SiZr-2. The van der Waals surface area contributed by atoms with Crippen molar-refractivity contribution in [2.24, 2.45) is 0 Å². The van der Waals surface area contributed by atoms with Gasteiger partial charge in [-0.05, 0) is 87.1 Å². The van der Waals surface area contributed by atoms with E-state index >= 15 is 0 Å². The molecule has 0 bridgehead atoms. The van der Waals surface area contributed by atoms with Crippen molar-refractivity contribution in [1.82, 2.24) is 0 Å². The first kappa shape index (κ1) is 42.0. The zero-order chi connectivity index (χ0) is 39.9. The van der Waals surface area contributed by atoms with E-state index in [4.69, 9.17) is 25.9 Å². The standard InChI is InChI=1S/2C24H23O.C2H6Si.2ClH.Zr/c2*1-4-8-19-13-20-14-21(23-12-11-16(2)25-23)15-22(20)24(17(19)3)18-9-6-5-7-10-18;1-3-2;;;/h2*5-7,9-15H,4,8H2,1-3H3;1-2H3;2*1H;/q2*-1;;;;+2/p-2. The second kappa shape index (κ2) is 19.2. The van der Waals surface area contributed by atoms with Crippen LogP contribution in [-0.4, -0.2) is 5.43 Å². The molecule has 0 saturated carbocycles. The number of benzene rings is 4. The molecule has 0 aliphatic heterocycles. The molecule has 0 spiro atoms. The van der Waals surface area contributed by atoms with Gasteiger partial charge in [-0.15, -0.1) is 57.9 Å². The van der Waals surface area contributed by atoms with Crippen LogP contribution in [0.5, 0.6) is 0 Å². The SMILES string of the molecule is CCCc1cc2[cH-]c(-c3ccc(C)o3)cc2c(-c2ccccc2)c1C.CCCc1cc2[cH-]c(-c3ccc(C)o3)cc2c(-c2ccccc2)c1C.C[Si](C)=[Zr]([Cl])[Cl]. The van der Waals surface area contributed by atoms with Crippen LogP contribution in [0.4, 0.5) is 0 Å². The third-order valence-corrected chi connectivity index (χ3v) is 30.1. The molecule has 2 aromatic heterocycles. The van der Waals surface area contributed by atoms with Crippen LogP contribution in [0.15, 0.2) is 130 Å². The van der Waals surface area contributed by atoms with Crippen LogP contribution in [-0.2, 0) is 30.8 Å². The maximum absolute atomic E-state index is 5.85. The third kappa shape index (κ3) is 9.71. The Labute approximate surface area is 348 Å². The zero-order valence-electron chi connectivity index (χ0n) is 33.9. The van der Waals surface area contributed by atoms with Crippen LogP contribution < -0.4 is 0 Å². The molecule has 0 aliphatic carbocycles. The van der Waals surface area contributed by atoms with Crippen LogP contribution in [0.1, 0.15) is 60.5 Å². The molecule has 0 amide bonds. The molecule has 0 saturated heterocycles. The molecule has 0 N–H and O–H groups in total. The van der Waals surface area contributed by atoms with Crippen LogP contribution in [0.2, 0.25) is 13.1 Å². The summed E-state index contributed by atoms with van der Waals surface area (Å²) >= 11 is -1.65. The van der Waals surface area contributed by atoms with Crippen molar-refractivity contribution in [2.45, 2.75) is 80.3 Å². The fourth-order valence-electron chi connectivity index (χ4n) is 7.52. The van der Waals surface area contributed by atoms with Gasteiger partial charge in [-0.3, -0.25) is 0 Å². The quantitative estimate of drug-likeness (QED) is 0.112. The Morgan fingerprint density at radius 3 is 1.23 bits per heavy atom. The van der Waals surface area contributed by atoms with Gasteiger partial charge < -0.3 is 8.83 Å². The summed E-state index contributed by atoms with van der Waals surface area (Å²) in [5.41, 5.74) is 13.1. The summed E-state index contributed by atoms with van der Waals surface area (Å²) in [5.74, 6) is 3.79. The van der Waals surface area contributed by atoms with Crippen LogP contribution in [0.25, 0.3) is 66.4 Å². The fourth-order valence-corrected chi connectivity index (χ4v) is 7.52. The van der Waals surface area contributed by atoms with Crippen LogP contribution >= 0.6 is 17.0 Å². The van der Waals surface area contributed by atoms with E-state index in [-0.39, 0.29) is 5.43 Å². The van der Waals surface area contributed by atoms with Gasteiger partial charge in [0.1, 0.15) is 0 Å². The number of halogens is 2. The first-order chi connectivity index (χ1) is 27.0. The summed E-state index contributed by atoms with van der Waals surface area (Å²) < 4.78 is 11.7. The topological polar surface area (TPSA) is 26.3 Å². The number of fused-ring (bicyclic) bond motifs is 2. The van der Waals surface area contributed by atoms with E-state index in [1.165, 1.54) is 66.1 Å². The van der Waals surface area contributed by atoms with Gasteiger partial charge in [-0.2, -0.15) is 0 Å². The van der Waals surface area contributed by atoms with E-state index in [0.717, 1.165) is 59.9 Å². The molecule has 56 heavy (non-hydrogen) atoms. The van der Waals surface area contributed by atoms with Gasteiger partial charge in [0.15, 0.2) is 0 Å². The van der Waals surface area contributed by atoms with Gasteiger partial charge in [0.25, 0.3) is 0 Å². The molecule has 0 unspecified atom stereocenters. The van der Waals surface area contributed by atoms with Gasteiger partial charge in [0.2, 0.25) is 0 Å². The monoisotopic (exact) mass is 872 g/mol. The normalized spacial score (nSPS) is 11.0. The van der Waals surface area contributed by atoms with E-state index in [1.54, 1.807) is 0 Å². The Balaban J connectivity index is 0.000000166. The summed E-state index contributed by atoms with van der Waals surface area (Å²) in [4.78, 5) is 0. The number of aryl methyl sites for hydroxylation is 4. The van der Waals surface area contributed by atoms with Gasteiger partial charge >= 0.3 is 53.5 Å². The molecule has 6 aromatic carbocycles. The third-order valence-electron chi connectivity index (χ3n) is 10.3. The first-order valence-corrected chi connectivity index (χ1v) is 32.2. The minimum absolute atomic E-state index is 0.224. The van der Waals surface area contributed by atoms with Crippen LogP contribution in [0, 0.1) is 27.7 Å². The summed E-state index contributed by atoms with van der Waals surface area (Å²) in [7, 11) is 11.2. The van der Waals surface area contributed by atoms with Crippen molar-refractivity contribution < 1.29 is 26.8 Å². The minimum atomic E-state index is -1.65. The van der Waals surface area contributed by atoms with E-state index in [0.29, 0.717) is 0 Å². The molecule has 288 valence electrons. The van der Waals surface area contributed by atoms with E-state index in [2.05, 4.69) is 150 Å². The Bertz CT molecular complexity index is 2400. The van der Waals surface area contributed by atoms with Crippen molar-refractivity contribution in [1.29, 1.82) is 0 Å². The summed E-state index contributed by atoms with van der Waals surface area (Å²) in [5, 5.41) is 5.23. The van der Waals surface area contributed by atoms with Gasteiger partial charge in [-0.25, -0.2) is 0 Å². The Morgan fingerprint density at radius 2 is 0.929 bits per heavy atom. The number of hydrogen-bond donors (Lipinski definition) is 0. The maximum atomic E-state index is 5.85. The first-order valence-electron chi connectivity index (χ1n) is 19.7. The Morgan fingerprint density at radius 1 is 0.554 bits per heavy atom. The van der Waals surface area contributed by atoms with Crippen molar-refractivity contribution in [3.05, 3.63) is 155 Å². The van der Waals surface area contributed by atoms with Gasteiger partial charge in [0.05, 0.1) is 23.0 Å². The van der Waals surface area contributed by atoms with Gasteiger partial charge in [0, 0.05) is 0 Å². The van der Waals surface area contributed by atoms with E-state index in [1.807, 2.05) is 26.0 Å². The van der Waals surface area contributed by atoms with E-state index in [9.17, 15) is 0 Å². The number of hydrogen-bond acceptors (Lipinski definition) is 2. The van der Waals surface area contributed by atoms with Crippen molar-refractivity contribution in [3.8, 4) is 44.9 Å². The predicted molar refractivity (Wildman–Crippen MR) is 241 cm³/mol. The number of rotatable bonds is 8. The molecule has 2 heterocycles. The zero-order valence-corrected chi connectivity index (χ0v) is 38.9. The molecule has 0 fully saturated rings. The summed E-state index contributed by atoms with van der Waals surface area (Å²) in [6, 6.07) is 43.4. The van der Waals surface area contributed by atoms with Crippen molar-refractivity contribution >= 4 is 44.0 Å². The molecule has 0 radical (unpaired) electrons. The average molecular weight is 875 g/mol. The van der Waals surface area contributed by atoms with Gasteiger partial charge in [-0.1, -0.05) is 121 Å². The van der Waals surface area contributed by atoms with Crippen molar-refractivity contribution in [2.75, 3.05) is 0 Å². The molecule has 0 aliphatic rings. The average Bonchev–Trinajstić information content (AvgIpc) is 4.01. The molecule has 8 aromatic rings. The second-order valence-electron chi connectivity index (χ2n) is 14.9. The molecular weight excluding hydrogens is 823 g/mol.